The molecule has 1 spiro atoms. The third-order valence-corrected chi connectivity index (χ3v) is 10.8. The first-order chi connectivity index (χ1) is 20.4. The van der Waals surface area contributed by atoms with Crippen LogP contribution in [0, 0.1) is 19.3 Å². The van der Waals surface area contributed by atoms with E-state index in [9.17, 15) is 4.79 Å². The molecule has 7 nitrogen and oxygen atoms in total. The van der Waals surface area contributed by atoms with Crippen molar-refractivity contribution >= 4 is 17.9 Å². The number of rotatable bonds is 8. The van der Waals surface area contributed by atoms with Crippen LogP contribution >= 0.6 is 11.9 Å². The minimum Gasteiger partial charge on any atom is -0.348 e. The molecular weight excluding hydrogens is 542 g/mol. The van der Waals surface area contributed by atoms with Crippen molar-refractivity contribution in [1.29, 1.82) is 0 Å². The van der Waals surface area contributed by atoms with Crippen molar-refractivity contribution in [3.05, 3.63) is 75.6 Å². The molecule has 0 radical (unpaired) electrons. The zero-order chi connectivity index (χ0) is 28.7. The van der Waals surface area contributed by atoms with Gasteiger partial charge in [-0.25, -0.2) is 4.98 Å². The Morgan fingerprint density at radius 3 is 2.62 bits per heavy atom. The number of aryl methyl sites for hydroxylation is 2. The topological polar surface area (TPSA) is 85.6 Å². The number of epoxide rings is 1. The van der Waals surface area contributed by atoms with Crippen LogP contribution in [0.2, 0.25) is 0 Å². The van der Waals surface area contributed by atoms with E-state index >= 15 is 0 Å². The first-order valence-electron chi connectivity index (χ1n) is 15.8. The maximum absolute atomic E-state index is 12.4. The Morgan fingerprint density at radius 1 is 1.02 bits per heavy atom. The molecule has 2 unspecified atom stereocenters. The number of aromatic amines is 1. The molecule has 1 aromatic heterocycles. The quantitative estimate of drug-likeness (QED) is 0.199. The van der Waals surface area contributed by atoms with Crippen LogP contribution in [0.1, 0.15) is 80.6 Å². The van der Waals surface area contributed by atoms with E-state index in [0.29, 0.717) is 23.1 Å². The lowest BCUT2D eigenvalue weighted by molar-refractivity contribution is -0.0367. The molecule has 2 aliphatic heterocycles. The molecule has 2 aromatic carbocycles. The molecule has 2 aliphatic carbocycles. The van der Waals surface area contributed by atoms with Gasteiger partial charge in [-0.15, -0.1) is 0 Å². The van der Waals surface area contributed by atoms with Gasteiger partial charge in [-0.2, -0.15) is 0 Å². The first kappa shape index (κ1) is 28.1. The summed E-state index contributed by atoms with van der Waals surface area (Å²) in [6, 6.07) is 17.4. The van der Waals surface area contributed by atoms with Crippen LogP contribution in [-0.4, -0.2) is 46.3 Å². The van der Waals surface area contributed by atoms with E-state index in [1.807, 2.05) is 32.0 Å². The SMILES string of the molecule is Cc1cccc(C)c1-c1cc(=O)[nH]c(NSc2cccc(C3OC3N[C@H]3CCCN(C4CC5(CCCCC5)C4)C3)c2)n1. The van der Waals surface area contributed by atoms with Gasteiger partial charge in [0.2, 0.25) is 5.95 Å². The van der Waals surface area contributed by atoms with Crippen LogP contribution in [0.3, 0.4) is 0 Å². The largest absolute Gasteiger partial charge is 0.348 e. The van der Waals surface area contributed by atoms with Gasteiger partial charge < -0.3 is 4.74 Å². The molecule has 2 saturated heterocycles. The van der Waals surface area contributed by atoms with Crippen LogP contribution in [-0.2, 0) is 4.74 Å². The zero-order valence-corrected chi connectivity index (χ0v) is 25.6. The number of benzene rings is 2. The van der Waals surface area contributed by atoms with Crippen molar-refractivity contribution in [2.75, 3.05) is 17.8 Å². The highest BCUT2D eigenvalue weighted by molar-refractivity contribution is 8.00. The summed E-state index contributed by atoms with van der Waals surface area (Å²) in [6.45, 7) is 6.50. The third kappa shape index (κ3) is 6.05. The summed E-state index contributed by atoms with van der Waals surface area (Å²) >= 11 is 1.45. The van der Waals surface area contributed by atoms with Crippen molar-refractivity contribution in [1.82, 2.24) is 20.2 Å². The predicted molar refractivity (Wildman–Crippen MR) is 170 cm³/mol. The van der Waals surface area contributed by atoms with E-state index in [4.69, 9.17) is 9.72 Å². The van der Waals surface area contributed by atoms with E-state index < -0.39 is 0 Å². The van der Waals surface area contributed by atoms with E-state index in [0.717, 1.165) is 34.2 Å². The molecule has 222 valence electrons. The highest BCUT2D eigenvalue weighted by atomic mass is 32.2. The maximum atomic E-state index is 12.4. The number of ether oxygens (including phenoxy) is 1. The Balaban J connectivity index is 0.933. The summed E-state index contributed by atoms with van der Waals surface area (Å²) in [5.41, 5.74) is 5.58. The Bertz CT molecular complexity index is 1460. The van der Waals surface area contributed by atoms with Crippen LogP contribution in [0.15, 0.2) is 58.2 Å². The Hall–Kier alpha value is -2.65. The molecule has 2 saturated carbocycles. The normalized spacial score (nSPS) is 25.7. The second-order valence-electron chi connectivity index (χ2n) is 13.1. The van der Waals surface area contributed by atoms with E-state index in [2.05, 4.69) is 44.2 Å². The molecule has 4 fully saturated rings. The van der Waals surface area contributed by atoms with E-state index in [1.165, 1.54) is 81.8 Å². The summed E-state index contributed by atoms with van der Waals surface area (Å²) in [5.74, 6) is 0.445. The van der Waals surface area contributed by atoms with Crippen molar-refractivity contribution in [2.24, 2.45) is 5.41 Å². The number of nitrogens with zero attached hydrogens (tertiary/aromatic N) is 2. The molecule has 0 amide bonds. The molecule has 3 atom stereocenters. The van der Waals surface area contributed by atoms with Crippen molar-refractivity contribution < 1.29 is 4.74 Å². The van der Waals surface area contributed by atoms with Crippen LogP contribution in [0.25, 0.3) is 11.3 Å². The molecule has 4 aliphatic rings. The number of aromatic nitrogens is 2. The Labute approximate surface area is 253 Å². The molecule has 42 heavy (non-hydrogen) atoms. The number of nitrogens with one attached hydrogen (secondary N) is 3. The van der Waals surface area contributed by atoms with Crippen LogP contribution in [0.4, 0.5) is 5.95 Å². The van der Waals surface area contributed by atoms with Gasteiger partial charge in [0, 0.05) is 35.2 Å². The number of hydrogen-bond donors (Lipinski definition) is 3. The minimum atomic E-state index is -0.174. The highest BCUT2D eigenvalue weighted by Gasteiger charge is 2.48. The monoisotopic (exact) mass is 585 g/mol. The second-order valence-corrected chi connectivity index (χ2v) is 14.0. The molecule has 7 rings (SSSR count). The molecule has 3 N–H and O–H groups in total. The zero-order valence-electron chi connectivity index (χ0n) is 24.8. The third-order valence-electron chi connectivity index (χ3n) is 10.0. The summed E-state index contributed by atoms with van der Waals surface area (Å²) in [4.78, 5) is 23.8. The highest BCUT2D eigenvalue weighted by Crippen LogP contribution is 2.53. The Morgan fingerprint density at radius 2 is 1.81 bits per heavy atom. The lowest BCUT2D eigenvalue weighted by atomic mass is 9.58. The van der Waals surface area contributed by atoms with Crippen LogP contribution < -0.4 is 15.6 Å². The molecule has 3 heterocycles. The average Bonchev–Trinajstić information content (AvgIpc) is 3.74. The van der Waals surface area contributed by atoms with Gasteiger partial charge in [0.1, 0.15) is 12.3 Å². The van der Waals surface area contributed by atoms with Crippen molar-refractivity contribution in [2.45, 2.75) is 101 Å². The minimum absolute atomic E-state index is 0.0837. The Kier molecular flexibility index (Phi) is 7.90. The fraction of sp³-hybridized carbons (Fsp3) is 0.529. The summed E-state index contributed by atoms with van der Waals surface area (Å²) in [5, 5.41) is 3.82. The predicted octanol–water partition coefficient (Wildman–Crippen LogP) is 6.74. The lowest BCUT2D eigenvalue weighted by Gasteiger charge is -2.55. The summed E-state index contributed by atoms with van der Waals surface area (Å²) < 4.78 is 9.38. The summed E-state index contributed by atoms with van der Waals surface area (Å²) in [6.07, 6.45) is 12.8. The fourth-order valence-electron chi connectivity index (χ4n) is 7.82. The maximum Gasteiger partial charge on any atom is 0.252 e. The number of piperidine rings is 1. The van der Waals surface area contributed by atoms with E-state index in [1.54, 1.807) is 6.07 Å². The van der Waals surface area contributed by atoms with E-state index in [-0.39, 0.29) is 17.9 Å². The number of H-pyrrole nitrogens is 1. The van der Waals surface area contributed by atoms with Gasteiger partial charge in [-0.1, -0.05) is 49.6 Å². The molecule has 0 bridgehead atoms. The first-order valence-corrected chi connectivity index (χ1v) is 16.6. The van der Waals surface area contributed by atoms with Gasteiger partial charge >= 0.3 is 0 Å². The summed E-state index contributed by atoms with van der Waals surface area (Å²) in [7, 11) is 0. The van der Waals surface area contributed by atoms with Gasteiger partial charge in [-0.3, -0.25) is 24.7 Å². The average molecular weight is 586 g/mol. The molecule has 3 aromatic rings. The number of likely N-dealkylation sites (tertiary alicyclic amines) is 1. The second kappa shape index (κ2) is 11.8. The smallest absolute Gasteiger partial charge is 0.252 e. The van der Waals surface area contributed by atoms with Gasteiger partial charge in [-0.05, 0) is 105 Å². The standard InChI is InChI=1S/C34H43N5O2S/c1-22-9-6-10-23(2)30(22)28-18-29(40)37-33(36-28)38-42-27-13-7-11-24(17-27)31-32(41-31)35-25-12-8-16-39(21-25)26-19-34(20-26)14-4-3-5-15-34/h6-7,9-11,13,17-18,25-26,31-32,35H,3-5,8,12,14-16,19-21H2,1-2H3,(H2,36,37,38,40)/t25-,31?,32?/m0/s1. The van der Waals surface area contributed by atoms with Crippen molar-refractivity contribution in [3.63, 3.8) is 0 Å². The van der Waals surface area contributed by atoms with Gasteiger partial charge in [0.25, 0.3) is 5.56 Å². The van der Waals surface area contributed by atoms with Gasteiger partial charge in [0.15, 0.2) is 0 Å². The lowest BCUT2D eigenvalue weighted by Crippen LogP contribution is -2.57. The molecular formula is C34H43N5O2S. The van der Waals surface area contributed by atoms with Crippen molar-refractivity contribution in [3.8, 4) is 11.3 Å². The fourth-order valence-corrected chi connectivity index (χ4v) is 8.47. The molecule has 8 heteroatoms. The number of hydrogen-bond acceptors (Lipinski definition) is 7. The van der Waals surface area contributed by atoms with Crippen LogP contribution in [0.5, 0.6) is 0 Å². The van der Waals surface area contributed by atoms with Gasteiger partial charge in [0.05, 0.1) is 5.69 Å². The number of anilines is 1.